The second-order valence-electron chi connectivity index (χ2n) is 4.15. The molecule has 0 aromatic heterocycles. The van der Waals surface area contributed by atoms with Gasteiger partial charge >= 0.3 is 6.18 Å². The summed E-state index contributed by atoms with van der Waals surface area (Å²) in [6, 6.07) is 0. The molecule has 1 heterocycles. The van der Waals surface area contributed by atoms with Crippen molar-refractivity contribution in [2.75, 3.05) is 0 Å². The topological polar surface area (TPSA) is 32.7 Å². The molecule has 1 aliphatic heterocycles. The molecule has 0 aromatic rings. The normalized spacial score (nSPS) is 16.9. The maximum Gasteiger partial charge on any atom is 0.388 e. The average molecular weight is 288 g/mol. The van der Waals surface area contributed by atoms with E-state index < -0.39 is 12.6 Å². The highest BCUT2D eigenvalue weighted by Gasteiger charge is 2.22. The van der Waals surface area contributed by atoms with Gasteiger partial charge in [-0.1, -0.05) is 13.5 Å². The molecule has 0 aromatic carbocycles. The van der Waals surface area contributed by atoms with Crippen molar-refractivity contribution in [3.63, 3.8) is 0 Å². The number of Topliss-reactive ketones (excluding diaryl/α,β-unsaturated/α-hetero) is 1. The van der Waals surface area contributed by atoms with Crippen LogP contribution in [0, 0.1) is 0 Å². The van der Waals surface area contributed by atoms with Crippen LogP contribution in [0.25, 0.3) is 0 Å². The van der Waals surface area contributed by atoms with Gasteiger partial charge in [0.15, 0.2) is 5.78 Å². The van der Waals surface area contributed by atoms with E-state index in [1.54, 1.807) is 31.2 Å². The van der Waals surface area contributed by atoms with Gasteiger partial charge in [-0.25, -0.2) is 0 Å². The van der Waals surface area contributed by atoms with Gasteiger partial charge < -0.3 is 4.90 Å². The fraction of sp³-hybridized carbons (Fsp3) is 0.429. The first-order chi connectivity index (χ1) is 9.12. The number of ketones is 1. The summed E-state index contributed by atoms with van der Waals surface area (Å²) in [6.45, 7) is 9.99. The Labute approximate surface area is 117 Å². The molecule has 0 atom stereocenters. The summed E-state index contributed by atoms with van der Waals surface area (Å²) < 4.78 is 32.4. The molecule has 0 aliphatic carbocycles. The van der Waals surface area contributed by atoms with Crippen LogP contribution in [0.1, 0.15) is 34.1 Å². The van der Waals surface area contributed by atoms with Crippen LogP contribution in [0.5, 0.6) is 0 Å². The first-order valence-electron chi connectivity index (χ1n) is 6.04. The van der Waals surface area contributed by atoms with E-state index in [0.717, 1.165) is 18.3 Å². The number of aliphatic imine (C=N–C) groups is 1. The van der Waals surface area contributed by atoms with Crippen LogP contribution in [-0.2, 0) is 4.79 Å². The summed E-state index contributed by atoms with van der Waals surface area (Å²) in [5, 5.41) is 0. The van der Waals surface area contributed by atoms with Crippen LogP contribution in [0.4, 0.5) is 13.2 Å². The smallest absolute Gasteiger partial charge is 0.321 e. The van der Waals surface area contributed by atoms with Gasteiger partial charge in [-0.2, -0.15) is 13.2 Å². The SMILES string of the molecule is C=CN1C=C(C)N=C/C1=C(/C)C(C)=O.CCC(F)(F)F. The van der Waals surface area contributed by atoms with Crippen LogP contribution in [0.15, 0.2) is 40.9 Å². The molecule has 0 radical (unpaired) electrons. The maximum atomic E-state index is 11.2. The van der Waals surface area contributed by atoms with Crippen molar-refractivity contribution in [3.05, 3.63) is 35.9 Å². The molecule has 1 aliphatic rings. The van der Waals surface area contributed by atoms with Gasteiger partial charge in [-0.3, -0.25) is 9.79 Å². The summed E-state index contributed by atoms with van der Waals surface area (Å²) in [4.78, 5) is 17.1. The number of hydrogen-bond acceptors (Lipinski definition) is 3. The van der Waals surface area contributed by atoms with Crippen LogP contribution in [0.3, 0.4) is 0 Å². The third-order valence-electron chi connectivity index (χ3n) is 2.50. The zero-order valence-electron chi connectivity index (χ0n) is 12.1. The Morgan fingerprint density at radius 1 is 1.45 bits per heavy atom. The van der Waals surface area contributed by atoms with Crippen molar-refractivity contribution in [1.82, 2.24) is 4.90 Å². The summed E-state index contributed by atoms with van der Waals surface area (Å²) in [5.74, 6) is 0.0475. The highest BCUT2D eigenvalue weighted by Crippen LogP contribution is 2.17. The van der Waals surface area contributed by atoms with Gasteiger partial charge in [-0.15, -0.1) is 0 Å². The second-order valence-corrected chi connectivity index (χ2v) is 4.15. The standard InChI is InChI=1S/C11H14N2O.C3H5F3/c1-5-13-7-8(2)12-6-11(13)9(3)10(4)14;1-2-3(4,5)6/h5-7H,1H2,2-4H3;2H2,1H3/b11-9+;. The lowest BCUT2D eigenvalue weighted by atomic mass is 10.1. The Morgan fingerprint density at radius 3 is 2.30 bits per heavy atom. The number of carbonyl (C=O) groups excluding carboxylic acids is 1. The molecule has 3 nitrogen and oxygen atoms in total. The second kappa shape index (κ2) is 7.67. The lowest BCUT2D eigenvalue weighted by Crippen LogP contribution is -2.17. The van der Waals surface area contributed by atoms with Crippen molar-refractivity contribution in [2.45, 2.75) is 40.3 Å². The molecular formula is C14H19F3N2O. The van der Waals surface area contributed by atoms with Crippen molar-refractivity contribution in [3.8, 4) is 0 Å². The maximum absolute atomic E-state index is 11.2. The zero-order valence-corrected chi connectivity index (χ0v) is 12.1. The number of carbonyl (C=O) groups is 1. The van der Waals surface area contributed by atoms with E-state index in [9.17, 15) is 18.0 Å². The van der Waals surface area contributed by atoms with Crippen molar-refractivity contribution < 1.29 is 18.0 Å². The number of allylic oxidation sites excluding steroid dienone is 3. The van der Waals surface area contributed by atoms with Crippen LogP contribution >= 0.6 is 0 Å². The summed E-state index contributed by atoms with van der Waals surface area (Å²) in [6.07, 6.45) is 0.506. The molecule has 20 heavy (non-hydrogen) atoms. The molecule has 0 fully saturated rings. The van der Waals surface area contributed by atoms with Gasteiger partial charge in [0.1, 0.15) is 0 Å². The van der Waals surface area contributed by atoms with Gasteiger partial charge in [0, 0.05) is 24.4 Å². The largest absolute Gasteiger partial charge is 0.388 e. The van der Waals surface area contributed by atoms with Gasteiger partial charge in [0.2, 0.25) is 0 Å². The summed E-state index contributed by atoms with van der Waals surface area (Å²) >= 11 is 0. The Hall–Kier alpha value is -1.85. The van der Waals surface area contributed by atoms with Gasteiger partial charge in [0.25, 0.3) is 0 Å². The lowest BCUT2D eigenvalue weighted by Gasteiger charge is -2.21. The zero-order chi connectivity index (χ0) is 15.9. The third-order valence-corrected chi connectivity index (χ3v) is 2.50. The van der Waals surface area contributed by atoms with Crippen LogP contribution in [-0.4, -0.2) is 23.1 Å². The number of halogens is 3. The summed E-state index contributed by atoms with van der Waals surface area (Å²) in [7, 11) is 0. The van der Waals surface area contributed by atoms with E-state index in [-0.39, 0.29) is 5.78 Å². The molecule has 112 valence electrons. The minimum absolute atomic E-state index is 0.0475. The van der Waals surface area contributed by atoms with Crippen molar-refractivity contribution >= 4 is 12.0 Å². The Bertz CT molecular complexity index is 460. The van der Waals surface area contributed by atoms with E-state index in [1.807, 2.05) is 13.1 Å². The lowest BCUT2D eigenvalue weighted by molar-refractivity contribution is -0.130. The number of nitrogens with zero attached hydrogens (tertiary/aromatic N) is 2. The Kier molecular flexibility index (Phi) is 6.96. The van der Waals surface area contributed by atoms with E-state index in [1.165, 1.54) is 0 Å². The fourth-order valence-electron chi connectivity index (χ4n) is 1.16. The highest BCUT2D eigenvalue weighted by atomic mass is 19.4. The summed E-state index contributed by atoms with van der Waals surface area (Å²) in [5.41, 5.74) is 2.38. The average Bonchev–Trinajstić information content (AvgIpc) is 2.37. The van der Waals surface area contributed by atoms with Gasteiger partial charge in [-0.05, 0) is 20.8 Å². The minimum atomic E-state index is -3.96. The van der Waals surface area contributed by atoms with E-state index in [4.69, 9.17) is 0 Å². The predicted molar refractivity (Wildman–Crippen MR) is 74.0 cm³/mol. The molecule has 0 amide bonds. The molecule has 0 N–H and O–H groups in total. The number of rotatable bonds is 2. The molecule has 6 heteroatoms. The van der Waals surface area contributed by atoms with E-state index in [0.29, 0.717) is 5.57 Å². The molecule has 0 unspecified atom stereocenters. The fourth-order valence-corrected chi connectivity index (χ4v) is 1.16. The number of hydrogen-bond donors (Lipinski definition) is 0. The van der Waals surface area contributed by atoms with Crippen molar-refractivity contribution in [1.29, 1.82) is 0 Å². The molecule has 0 bridgehead atoms. The first kappa shape index (κ1) is 18.1. The van der Waals surface area contributed by atoms with Crippen LogP contribution < -0.4 is 0 Å². The first-order valence-corrected chi connectivity index (χ1v) is 6.04. The molecule has 0 saturated carbocycles. The van der Waals surface area contributed by atoms with Gasteiger partial charge in [0.05, 0.1) is 17.6 Å². The minimum Gasteiger partial charge on any atom is -0.321 e. The molecule has 1 rings (SSSR count). The van der Waals surface area contributed by atoms with E-state index in [2.05, 4.69) is 11.6 Å². The number of alkyl halides is 3. The highest BCUT2D eigenvalue weighted by molar-refractivity contribution is 5.99. The molecule has 0 spiro atoms. The van der Waals surface area contributed by atoms with E-state index >= 15 is 0 Å². The Balaban J connectivity index is 0.000000511. The monoisotopic (exact) mass is 288 g/mol. The van der Waals surface area contributed by atoms with Crippen LogP contribution in [0.2, 0.25) is 0 Å². The Morgan fingerprint density at radius 2 is 1.95 bits per heavy atom. The van der Waals surface area contributed by atoms with Crippen molar-refractivity contribution in [2.24, 2.45) is 4.99 Å². The molecule has 0 saturated heterocycles. The third kappa shape index (κ3) is 6.36. The predicted octanol–water partition coefficient (Wildman–Crippen LogP) is 4.20. The quantitative estimate of drug-likeness (QED) is 0.713. The molecular weight excluding hydrogens is 269 g/mol.